The molecule has 0 aliphatic rings. The topological polar surface area (TPSA) is 67.5 Å². The number of rotatable bonds is 4. The fourth-order valence-electron chi connectivity index (χ4n) is 1.45. The van der Waals surface area contributed by atoms with Crippen molar-refractivity contribution in [2.45, 2.75) is 10.6 Å². The van der Waals surface area contributed by atoms with E-state index in [4.69, 9.17) is 9.52 Å². The first-order valence-corrected chi connectivity index (χ1v) is 7.12. The van der Waals surface area contributed by atoms with E-state index < -0.39 is 16.8 Å². The Kier molecular flexibility index (Phi) is 3.98. The highest BCUT2D eigenvalue weighted by Gasteiger charge is 2.16. The molecular weight excluding hydrogens is 320 g/mol. The second-order valence-electron chi connectivity index (χ2n) is 3.51. The maximum absolute atomic E-state index is 12.1. The van der Waals surface area contributed by atoms with Crippen molar-refractivity contribution < 1.29 is 18.5 Å². The van der Waals surface area contributed by atoms with Crippen LogP contribution in [-0.2, 0) is 16.6 Å². The van der Waals surface area contributed by atoms with E-state index >= 15 is 0 Å². The van der Waals surface area contributed by atoms with Gasteiger partial charge in [-0.1, -0.05) is 22.0 Å². The van der Waals surface area contributed by atoms with Gasteiger partial charge in [0.05, 0.1) is 22.8 Å². The van der Waals surface area contributed by atoms with Crippen LogP contribution in [0.4, 0.5) is 0 Å². The smallest absolute Gasteiger partial charge is 0.339 e. The van der Waals surface area contributed by atoms with Crippen molar-refractivity contribution in [3.8, 4) is 0 Å². The van der Waals surface area contributed by atoms with Gasteiger partial charge in [0.2, 0.25) is 0 Å². The monoisotopic (exact) mass is 328 g/mol. The first kappa shape index (κ1) is 13.0. The lowest BCUT2D eigenvalue weighted by molar-refractivity contribution is 0.0695. The van der Waals surface area contributed by atoms with Crippen molar-refractivity contribution in [3.63, 3.8) is 0 Å². The molecule has 1 aromatic heterocycles. The molecule has 1 aromatic carbocycles. The third-order valence-corrected chi connectivity index (χ3v) is 4.09. The highest BCUT2D eigenvalue weighted by Crippen LogP contribution is 2.19. The second kappa shape index (κ2) is 5.49. The lowest BCUT2D eigenvalue weighted by atomic mass is 10.3. The summed E-state index contributed by atoms with van der Waals surface area (Å²) < 4.78 is 18.0. The first-order valence-electron chi connectivity index (χ1n) is 5.01. The number of hydrogen-bond donors (Lipinski definition) is 1. The van der Waals surface area contributed by atoms with Gasteiger partial charge >= 0.3 is 5.97 Å². The minimum absolute atomic E-state index is 0.0467. The van der Waals surface area contributed by atoms with Crippen molar-refractivity contribution >= 4 is 32.7 Å². The van der Waals surface area contributed by atoms with Gasteiger partial charge in [-0.15, -0.1) is 0 Å². The van der Waals surface area contributed by atoms with Crippen LogP contribution >= 0.6 is 15.9 Å². The zero-order valence-corrected chi connectivity index (χ0v) is 11.5. The van der Waals surface area contributed by atoms with Crippen LogP contribution in [0.3, 0.4) is 0 Å². The van der Waals surface area contributed by atoms with Gasteiger partial charge in [-0.05, 0) is 24.3 Å². The molecule has 0 aliphatic carbocycles. The van der Waals surface area contributed by atoms with Crippen LogP contribution in [0.2, 0.25) is 0 Å². The highest BCUT2D eigenvalue weighted by molar-refractivity contribution is 9.10. The molecule has 4 nitrogen and oxygen atoms in total. The van der Waals surface area contributed by atoms with E-state index in [2.05, 4.69) is 15.9 Å². The van der Waals surface area contributed by atoms with E-state index in [9.17, 15) is 9.00 Å². The largest absolute Gasteiger partial charge is 0.478 e. The highest BCUT2D eigenvalue weighted by atomic mass is 79.9. The Morgan fingerprint density at radius 3 is 2.83 bits per heavy atom. The van der Waals surface area contributed by atoms with E-state index in [-0.39, 0.29) is 17.1 Å². The first-order chi connectivity index (χ1) is 8.58. The summed E-state index contributed by atoms with van der Waals surface area (Å²) in [5, 5.41) is 8.92. The average molecular weight is 329 g/mol. The van der Waals surface area contributed by atoms with Crippen LogP contribution in [0.15, 0.2) is 50.4 Å². The van der Waals surface area contributed by atoms with E-state index in [1.165, 1.54) is 12.3 Å². The Labute approximate surface area is 114 Å². The fourth-order valence-corrected chi connectivity index (χ4v) is 3.12. The zero-order chi connectivity index (χ0) is 13.1. The second-order valence-corrected chi connectivity index (χ2v) is 5.88. The van der Waals surface area contributed by atoms with Crippen LogP contribution in [0.25, 0.3) is 0 Å². The average Bonchev–Trinajstić information content (AvgIpc) is 2.77. The standard InChI is InChI=1S/C12H9BrO4S/c13-8-2-1-3-9(6-8)18(16)7-11-10(12(14)15)4-5-17-11/h1-6H,7H2,(H,14,15). The Morgan fingerprint density at radius 1 is 1.39 bits per heavy atom. The molecule has 1 atom stereocenters. The minimum Gasteiger partial charge on any atom is -0.478 e. The maximum Gasteiger partial charge on any atom is 0.339 e. The summed E-state index contributed by atoms with van der Waals surface area (Å²) in [6.07, 6.45) is 1.29. The van der Waals surface area contributed by atoms with E-state index in [0.717, 1.165) is 4.47 Å². The lowest BCUT2D eigenvalue weighted by Crippen LogP contribution is -2.02. The van der Waals surface area contributed by atoms with Gasteiger partial charge in [0, 0.05) is 9.37 Å². The summed E-state index contributed by atoms with van der Waals surface area (Å²) in [5.74, 6) is -0.809. The SMILES string of the molecule is O=C(O)c1ccoc1CS(=O)c1cccc(Br)c1. The molecule has 0 fully saturated rings. The van der Waals surface area contributed by atoms with Gasteiger partial charge in [-0.3, -0.25) is 4.21 Å². The maximum atomic E-state index is 12.1. The molecule has 0 amide bonds. The molecular formula is C12H9BrO4S. The molecule has 0 aliphatic heterocycles. The van der Waals surface area contributed by atoms with Crippen molar-refractivity contribution in [2.24, 2.45) is 0 Å². The third-order valence-electron chi connectivity index (χ3n) is 2.30. The molecule has 2 rings (SSSR count). The van der Waals surface area contributed by atoms with Crippen molar-refractivity contribution in [1.82, 2.24) is 0 Å². The molecule has 1 unspecified atom stereocenters. The predicted molar refractivity (Wildman–Crippen MR) is 69.9 cm³/mol. The van der Waals surface area contributed by atoms with Crippen molar-refractivity contribution in [1.29, 1.82) is 0 Å². The molecule has 0 spiro atoms. The lowest BCUT2D eigenvalue weighted by Gasteiger charge is -2.02. The Balaban J connectivity index is 2.21. The molecule has 1 heterocycles. The summed E-state index contributed by atoms with van der Waals surface area (Å²) in [7, 11) is -1.34. The summed E-state index contributed by atoms with van der Waals surface area (Å²) in [5.41, 5.74) is 0.0540. The van der Waals surface area contributed by atoms with Gasteiger partial charge in [0.1, 0.15) is 11.3 Å². The van der Waals surface area contributed by atoms with Crippen molar-refractivity contribution in [2.75, 3.05) is 0 Å². The molecule has 2 aromatic rings. The number of halogens is 1. The number of carboxylic acids is 1. The molecule has 6 heteroatoms. The Morgan fingerprint density at radius 2 is 2.17 bits per heavy atom. The van der Waals surface area contributed by atoms with E-state index in [0.29, 0.717) is 4.90 Å². The Bertz CT molecular complexity index is 606. The molecule has 0 bridgehead atoms. The van der Waals surface area contributed by atoms with E-state index in [1.54, 1.807) is 18.2 Å². The number of carboxylic acid groups (broad SMARTS) is 1. The van der Waals surface area contributed by atoms with Crippen LogP contribution < -0.4 is 0 Å². The minimum atomic E-state index is -1.34. The van der Waals surface area contributed by atoms with Crippen LogP contribution in [0.5, 0.6) is 0 Å². The normalized spacial score (nSPS) is 12.3. The number of carbonyl (C=O) groups is 1. The van der Waals surface area contributed by atoms with Gasteiger partial charge in [-0.25, -0.2) is 4.79 Å². The zero-order valence-electron chi connectivity index (χ0n) is 9.13. The molecule has 0 radical (unpaired) electrons. The molecule has 0 saturated heterocycles. The van der Waals surface area contributed by atoms with Gasteiger partial charge in [-0.2, -0.15) is 0 Å². The van der Waals surface area contributed by atoms with Crippen molar-refractivity contribution in [3.05, 3.63) is 52.4 Å². The third kappa shape index (κ3) is 2.88. The van der Waals surface area contributed by atoms with Gasteiger partial charge in [0.25, 0.3) is 0 Å². The van der Waals surface area contributed by atoms with Crippen LogP contribution in [0.1, 0.15) is 16.1 Å². The van der Waals surface area contributed by atoms with Gasteiger partial charge in [0.15, 0.2) is 0 Å². The summed E-state index contributed by atoms with van der Waals surface area (Å²) in [4.78, 5) is 11.5. The summed E-state index contributed by atoms with van der Waals surface area (Å²) >= 11 is 3.29. The molecule has 94 valence electrons. The Hall–Kier alpha value is -1.40. The van der Waals surface area contributed by atoms with Gasteiger partial charge < -0.3 is 9.52 Å². The van der Waals surface area contributed by atoms with E-state index in [1.807, 2.05) is 6.07 Å². The number of furan rings is 1. The number of hydrogen-bond acceptors (Lipinski definition) is 3. The quantitative estimate of drug-likeness (QED) is 0.936. The molecule has 0 saturated carbocycles. The van der Waals surface area contributed by atoms with Crippen LogP contribution in [0, 0.1) is 0 Å². The number of aromatic carboxylic acids is 1. The summed E-state index contributed by atoms with van der Waals surface area (Å²) in [6, 6.07) is 8.42. The van der Waals surface area contributed by atoms with Crippen LogP contribution in [-0.4, -0.2) is 15.3 Å². The number of benzene rings is 1. The molecule has 18 heavy (non-hydrogen) atoms. The predicted octanol–water partition coefficient (Wildman–Crippen LogP) is 3.05. The summed E-state index contributed by atoms with van der Waals surface area (Å²) in [6.45, 7) is 0. The fraction of sp³-hybridized carbons (Fsp3) is 0.0833. The molecule has 1 N–H and O–H groups in total.